The topological polar surface area (TPSA) is 128 Å². The van der Waals surface area contributed by atoms with Crippen molar-refractivity contribution in [1.29, 1.82) is 0 Å². The Morgan fingerprint density at radius 1 is 1.23 bits per heavy atom. The van der Waals surface area contributed by atoms with Gasteiger partial charge in [-0.05, 0) is 64.3 Å². The first kappa shape index (κ1) is 24.6. The predicted molar refractivity (Wildman–Crippen MR) is 114 cm³/mol. The lowest BCUT2D eigenvalue weighted by Crippen LogP contribution is -2.48. The molecule has 0 unspecified atom stereocenters. The Kier molecular flexibility index (Phi) is 8.05. The summed E-state index contributed by atoms with van der Waals surface area (Å²) in [6.07, 6.45) is 1.91. The maximum atomic E-state index is 12.8. The van der Waals surface area contributed by atoms with Gasteiger partial charge in [0, 0.05) is 18.7 Å². The number of benzene rings is 1. The Labute approximate surface area is 182 Å². The Morgan fingerprint density at radius 2 is 1.87 bits per heavy atom. The summed E-state index contributed by atoms with van der Waals surface area (Å²) >= 11 is 0. The largest absolute Gasteiger partial charge is 0.486 e. The third-order valence-electron chi connectivity index (χ3n) is 4.63. The molecule has 1 fully saturated rings. The third-order valence-corrected chi connectivity index (χ3v) is 5.76. The van der Waals surface area contributed by atoms with Crippen LogP contribution < -0.4 is 15.4 Å². The molecule has 0 aromatic heterocycles. The minimum absolute atomic E-state index is 0.138. The van der Waals surface area contributed by atoms with Crippen molar-refractivity contribution in [2.24, 2.45) is 5.92 Å². The van der Waals surface area contributed by atoms with Crippen LogP contribution in [0.5, 0.6) is 5.75 Å². The molecule has 172 valence electrons. The number of carbonyl (C=O) groups is 3. The molecule has 2 atom stereocenters. The van der Waals surface area contributed by atoms with Gasteiger partial charge in [-0.15, -0.1) is 0 Å². The Hall–Kier alpha value is -2.62. The fraction of sp³-hybridized carbons (Fsp3) is 0.571. The van der Waals surface area contributed by atoms with E-state index in [0.717, 1.165) is 12.7 Å². The normalized spacial score (nSPS) is 17.9. The van der Waals surface area contributed by atoms with Gasteiger partial charge in [-0.3, -0.25) is 9.59 Å². The van der Waals surface area contributed by atoms with Gasteiger partial charge in [0.15, 0.2) is 15.6 Å². The molecule has 1 heterocycles. The van der Waals surface area contributed by atoms with E-state index in [9.17, 15) is 22.8 Å². The van der Waals surface area contributed by atoms with Crippen LogP contribution in [0, 0.1) is 5.92 Å². The van der Waals surface area contributed by atoms with Crippen molar-refractivity contribution >= 4 is 27.6 Å². The van der Waals surface area contributed by atoms with Gasteiger partial charge in [-0.2, -0.15) is 0 Å². The second-order valence-corrected chi connectivity index (χ2v) is 10.6. The summed E-state index contributed by atoms with van der Waals surface area (Å²) in [5.74, 6) is -0.650. The smallest absolute Gasteiger partial charge is 0.408 e. The Balaban J connectivity index is 2.05. The molecule has 2 rings (SSSR count). The highest BCUT2D eigenvalue weighted by atomic mass is 32.2. The van der Waals surface area contributed by atoms with Crippen LogP contribution in [0.1, 0.15) is 40.0 Å². The number of ether oxygens (including phenoxy) is 2. The Bertz CT molecular complexity index is 905. The number of Topliss-reactive ketones (excluding diaryl/α,β-unsaturated/α-hetero) is 1. The lowest BCUT2D eigenvalue weighted by molar-refractivity contribution is -0.128. The second-order valence-electron chi connectivity index (χ2n) is 8.56. The van der Waals surface area contributed by atoms with Gasteiger partial charge in [0.25, 0.3) is 0 Å². The number of sulfone groups is 1. The zero-order valence-corrected chi connectivity index (χ0v) is 19.1. The van der Waals surface area contributed by atoms with E-state index < -0.39 is 39.3 Å². The summed E-state index contributed by atoms with van der Waals surface area (Å²) in [5, 5.41) is 5.33. The van der Waals surface area contributed by atoms with Crippen LogP contribution in [-0.4, -0.2) is 57.3 Å². The molecular weight excluding hydrogens is 424 g/mol. The molecule has 1 saturated heterocycles. The molecule has 1 aliphatic rings. The van der Waals surface area contributed by atoms with E-state index in [1.165, 1.54) is 24.3 Å². The van der Waals surface area contributed by atoms with Crippen LogP contribution in [0.3, 0.4) is 0 Å². The average molecular weight is 455 g/mol. The fourth-order valence-electron chi connectivity index (χ4n) is 3.10. The first-order chi connectivity index (χ1) is 14.3. The zero-order chi connectivity index (χ0) is 23.2. The van der Waals surface area contributed by atoms with Crippen molar-refractivity contribution < 1.29 is 32.3 Å². The molecule has 0 aliphatic carbocycles. The van der Waals surface area contributed by atoms with Crippen molar-refractivity contribution in [1.82, 2.24) is 10.6 Å². The monoisotopic (exact) mass is 454 g/mol. The fourth-order valence-corrected chi connectivity index (χ4v) is 3.73. The van der Waals surface area contributed by atoms with Crippen LogP contribution in [0.4, 0.5) is 4.79 Å². The third kappa shape index (κ3) is 8.20. The lowest BCUT2D eigenvalue weighted by atomic mass is 9.90. The minimum Gasteiger partial charge on any atom is -0.486 e. The SMILES string of the molecule is CC(C)(C)OC(=O)N[C@@H](C[C@@H]1CCCNC1=O)C(=O)COc1ccc(S(C)(=O)=O)cc1. The summed E-state index contributed by atoms with van der Waals surface area (Å²) < 4.78 is 33.8. The molecule has 2 N–H and O–H groups in total. The molecule has 1 aromatic carbocycles. The number of ketones is 1. The number of hydrogen-bond acceptors (Lipinski definition) is 7. The highest BCUT2D eigenvalue weighted by Crippen LogP contribution is 2.20. The van der Waals surface area contributed by atoms with Gasteiger partial charge in [0.2, 0.25) is 5.91 Å². The number of hydrogen-bond donors (Lipinski definition) is 2. The maximum Gasteiger partial charge on any atom is 0.408 e. The molecule has 10 heteroatoms. The molecule has 31 heavy (non-hydrogen) atoms. The minimum atomic E-state index is -3.34. The number of alkyl carbamates (subject to hydrolysis) is 1. The maximum absolute atomic E-state index is 12.8. The number of piperidine rings is 1. The van der Waals surface area contributed by atoms with E-state index in [-0.39, 0.29) is 23.8 Å². The van der Waals surface area contributed by atoms with Gasteiger partial charge in [0.1, 0.15) is 18.0 Å². The quantitative estimate of drug-likeness (QED) is 0.613. The molecule has 0 spiro atoms. The molecule has 0 saturated carbocycles. The van der Waals surface area contributed by atoms with E-state index in [4.69, 9.17) is 9.47 Å². The summed E-state index contributed by atoms with van der Waals surface area (Å²) in [5.41, 5.74) is -0.738. The zero-order valence-electron chi connectivity index (χ0n) is 18.3. The van der Waals surface area contributed by atoms with Crippen molar-refractivity contribution in [3.05, 3.63) is 24.3 Å². The molecule has 1 aliphatic heterocycles. The summed E-state index contributed by atoms with van der Waals surface area (Å²) in [6.45, 7) is 5.37. The van der Waals surface area contributed by atoms with E-state index >= 15 is 0 Å². The molecule has 0 radical (unpaired) electrons. The van der Waals surface area contributed by atoms with Crippen molar-refractivity contribution in [3.8, 4) is 5.75 Å². The number of nitrogens with one attached hydrogen (secondary N) is 2. The number of carbonyl (C=O) groups excluding carboxylic acids is 3. The van der Waals surface area contributed by atoms with Gasteiger partial charge in [-0.25, -0.2) is 13.2 Å². The molecule has 2 amide bonds. The van der Waals surface area contributed by atoms with Crippen LogP contribution in [0.15, 0.2) is 29.2 Å². The van der Waals surface area contributed by atoms with Gasteiger partial charge >= 0.3 is 6.09 Å². The summed E-state index contributed by atoms with van der Waals surface area (Å²) in [7, 11) is -3.34. The molecule has 1 aromatic rings. The van der Waals surface area contributed by atoms with Crippen LogP contribution in [-0.2, 0) is 24.2 Å². The first-order valence-corrected chi connectivity index (χ1v) is 12.0. The predicted octanol–water partition coefficient (Wildman–Crippen LogP) is 1.85. The molecule has 9 nitrogen and oxygen atoms in total. The van der Waals surface area contributed by atoms with E-state index in [2.05, 4.69) is 10.6 Å². The average Bonchev–Trinajstić information content (AvgIpc) is 2.65. The molecular formula is C21H30N2O7S. The van der Waals surface area contributed by atoms with Gasteiger partial charge in [0.05, 0.1) is 10.9 Å². The van der Waals surface area contributed by atoms with Crippen molar-refractivity contribution in [2.75, 3.05) is 19.4 Å². The van der Waals surface area contributed by atoms with E-state index in [0.29, 0.717) is 18.7 Å². The van der Waals surface area contributed by atoms with Crippen LogP contribution in [0.25, 0.3) is 0 Å². The van der Waals surface area contributed by atoms with Gasteiger partial charge < -0.3 is 20.1 Å². The van der Waals surface area contributed by atoms with Gasteiger partial charge in [-0.1, -0.05) is 0 Å². The van der Waals surface area contributed by atoms with E-state index in [1.807, 2.05) is 0 Å². The standard InChI is InChI=1S/C21H30N2O7S/c1-21(2,3)30-20(26)23-17(12-14-6-5-11-22-19(14)25)18(24)13-29-15-7-9-16(10-8-15)31(4,27)28/h7-10,14,17H,5-6,11-13H2,1-4H3,(H,22,25)(H,23,26)/t14-,17-/m0/s1. The summed E-state index contributed by atoms with van der Waals surface area (Å²) in [4.78, 5) is 37.3. The number of amides is 2. The summed E-state index contributed by atoms with van der Waals surface area (Å²) in [6, 6.07) is 4.72. The first-order valence-electron chi connectivity index (χ1n) is 10.1. The lowest BCUT2D eigenvalue weighted by Gasteiger charge is -2.27. The number of rotatable bonds is 8. The van der Waals surface area contributed by atoms with Crippen molar-refractivity contribution in [3.63, 3.8) is 0 Å². The van der Waals surface area contributed by atoms with Crippen molar-refractivity contribution in [2.45, 2.75) is 56.6 Å². The van der Waals surface area contributed by atoms with Crippen LogP contribution in [0.2, 0.25) is 0 Å². The second kappa shape index (κ2) is 10.1. The highest BCUT2D eigenvalue weighted by molar-refractivity contribution is 7.90. The van der Waals surface area contributed by atoms with Crippen LogP contribution >= 0.6 is 0 Å². The Morgan fingerprint density at radius 3 is 2.42 bits per heavy atom. The molecule has 0 bridgehead atoms. The van der Waals surface area contributed by atoms with E-state index in [1.54, 1.807) is 20.8 Å². The highest BCUT2D eigenvalue weighted by Gasteiger charge is 2.31.